The number of carbonyl (C=O) groups excluding carboxylic acids is 1. The molecule has 19 heavy (non-hydrogen) atoms. The standard InChI is InChI=1S/C15H19FN2O/c1-3-13(17-4-2)9-10-18-15(19)11-12-7-5-6-8-14(12)16/h3-8H,9-11H2,1-2H3,(H,18,19)/b13-3-,17-4?. The van der Waals surface area contributed by atoms with Crippen LogP contribution in [0.2, 0.25) is 0 Å². The highest BCUT2D eigenvalue weighted by Gasteiger charge is 2.06. The van der Waals surface area contributed by atoms with Crippen LogP contribution in [0.15, 0.2) is 41.0 Å². The van der Waals surface area contributed by atoms with Gasteiger partial charge in [0.25, 0.3) is 0 Å². The highest BCUT2D eigenvalue weighted by atomic mass is 19.1. The van der Waals surface area contributed by atoms with Crippen molar-refractivity contribution in [3.8, 4) is 0 Å². The average Bonchev–Trinajstić information content (AvgIpc) is 2.40. The van der Waals surface area contributed by atoms with E-state index >= 15 is 0 Å². The molecule has 4 heteroatoms. The molecule has 1 aromatic rings. The lowest BCUT2D eigenvalue weighted by Crippen LogP contribution is -2.26. The predicted octanol–water partition coefficient (Wildman–Crippen LogP) is 2.87. The van der Waals surface area contributed by atoms with Crippen molar-refractivity contribution in [2.75, 3.05) is 6.54 Å². The summed E-state index contributed by atoms with van der Waals surface area (Å²) < 4.78 is 13.3. The molecule has 3 nitrogen and oxygen atoms in total. The number of halogens is 1. The fraction of sp³-hybridized carbons (Fsp3) is 0.333. The van der Waals surface area contributed by atoms with Gasteiger partial charge in [0.15, 0.2) is 0 Å². The molecule has 0 heterocycles. The lowest BCUT2D eigenvalue weighted by atomic mass is 10.1. The molecule has 0 spiro atoms. The normalized spacial score (nSPS) is 11.8. The third kappa shape index (κ3) is 5.46. The van der Waals surface area contributed by atoms with Gasteiger partial charge in [0.1, 0.15) is 5.82 Å². The molecule has 0 saturated heterocycles. The highest BCUT2D eigenvalue weighted by molar-refractivity contribution is 5.78. The molecule has 0 aromatic heterocycles. The molecule has 102 valence electrons. The number of rotatable bonds is 6. The van der Waals surface area contributed by atoms with E-state index in [0.717, 1.165) is 5.70 Å². The molecule has 0 unspecified atom stereocenters. The first kappa shape index (κ1) is 15.1. The summed E-state index contributed by atoms with van der Waals surface area (Å²) in [7, 11) is 0. The van der Waals surface area contributed by atoms with Crippen molar-refractivity contribution in [2.24, 2.45) is 4.99 Å². The van der Waals surface area contributed by atoms with Gasteiger partial charge in [0.05, 0.1) is 6.42 Å². The third-order valence-corrected chi connectivity index (χ3v) is 2.64. The molecule has 1 amide bonds. The summed E-state index contributed by atoms with van der Waals surface area (Å²) in [6.45, 7) is 4.26. The van der Waals surface area contributed by atoms with E-state index in [1.165, 1.54) is 6.07 Å². The molecule has 0 aliphatic heterocycles. The Morgan fingerprint density at radius 2 is 2.11 bits per heavy atom. The SMILES string of the molecule is CC=N/C(=C\C)CCNC(=O)Cc1ccccc1F. The quantitative estimate of drug-likeness (QED) is 0.787. The van der Waals surface area contributed by atoms with E-state index in [1.54, 1.807) is 24.4 Å². The van der Waals surface area contributed by atoms with Gasteiger partial charge in [-0.3, -0.25) is 9.79 Å². The van der Waals surface area contributed by atoms with Crippen molar-refractivity contribution in [3.05, 3.63) is 47.4 Å². The van der Waals surface area contributed by atoms with E-state index < -0.39 is 0 Å². The summed E-state index contributed by atoms with van der Waals surface area (Å²) in [5, 5.41) is 2.76. The number of carbonyl (C=O) groups is 1. The Kier molecular flexibility index (Phi) is 6.50. The third-order valence-electron chi connectivity index (χ3n) is 2.64. The molecule has 0 aliphatic rings. The summed E-state index contributed by atoms with van der Waals surface area (Å²) in [5.41, 5.74) is 1.34. The van der Waals surface area contributed by atoms with Crippen LogP contribution in [0.1, 0.15) is 25.8 Å². The molecule has 0 fully saturated rings. The molecule has 0 atom stereocenters. The maximum Gasteiger partial charge on any atom is 0.224 e. The number of hydrogen-bond acceptors (Lipinski definition) is 2. The van der Waals surface area contributed by atoms with Crippen LogP contribution in [0.25, 0.3) is 0 Å². The van der Waals surface area contributed by atoms with Gasteiger partial charge >= 0.3 is 0 Å². The van der Waals surface area contributed by atoms with E-state index in [9.17, 15) is 9.18 Å². The molecule has 1 aromatic carbocycles. The maximum absolute atomic E-state index is 13.3. The van der Waals surface area contributed by atoms with Crippen LogP contribution in [0.4, 0.5) is 4.39 Å². The second-order valence-corrected chi connectivity index (χ2v) is 4.04. The number of amides is 1. The Morgan fingerprint density at radius 1 is 1.37 bits per heavy atom. The minimum atomic E-state index is -0.345. The summed E-state index contributed by atoms with van der Waals surface area (Å²) >= 11 is 0. The maximum atomic E-state index is 13.3. The first-order valence-electron chi connectivity index (χ1n) is 6.31. The van der Waals surface area contributed by atoms with Gasteiger partial charge in [-0.2, -0.15) is 0 Å². The van der Waals surface area contributed by atoms with Crippen molar-refractivity contribution in [1.82, 2.24) is 5.32 Å². The van der Waals surface area contributed by atoms with Gasteiger partial charge in [0.2, 0.25) is 5.91 Å². The Bertz CT molecular complexity index is 481. The fourth-order valence-electron chi connectivity index (χ4n) is 1.66. The lowest BCUT2D eigenvalue weighted by Gasteiger charge is -2.06. The second kappa shape index (κ2) is 8.19. The molecule has 1 N–H and O–H groups in total. The zero-order valence-corrected chi connectivity index (χ0v) is 11.3. The number of hydrogen-bond donors (Lipinski definition) is 1. The smallest absolute Gasteiger partial charge is 0.224 e. The minimum Gasteiger partial charge on any atom is -0.355 e. The van der Waals surface area contributed by atoms with Crippen LogP contribution in [0.3, 0.4) is 0 Å². The van der Waals surface area contributed by atoms with E-state index in [2.05, 4.69) is 10.3 Å². The van der Waals surface area contributed by atoms with Crippen LogP contribution < -0.4 is 5.32 Å². The highest BCUT2D eigenvalue weighted by Crippen LogP contribution is 2.07. The van der Waals surface area contributed by atoms with Gasteiger partial charge in [-0.05, 0) is 25.5 Å². The van der Waals surface area contributed by atoms with E-state index in [0.29, 0.717) is 18.5 Å². The zero-order valence-electron chi connectivity index (χ0n) is 11.3. The van der Waals surface area contributed by atoms with E-state index in [4.69, 9.17) is 0 Å². The monoisotopic (exact) mass is 262 g/mol. The number of benzene rings is 1. The summed E-state index contributed by atoms with van der Waals surface area (Å²) in [6.07, 6.45) is 4.36. The summed E-state index contributed by atoms with van der Waals surface area (Å²) in [5.74, 6) is -0.525. The van der Waals surface area contributed by atoms with Crippen LogP contribution in [0, 0.1) is 5.82 Å². The predicted molar refractivity (Wildman–Crippen MR) is 75.7 cm³/mol. The Morgan fingerprint density at radius 3 is 2.74 bits per heavy atom. The first-order chi connectivity index (χ1) is 9.17. The minimum absolute atomic E-state index is 0.0644. The lowest BCUT2D eigenvalue weighted by molar-refractivity contribution is -0.120. The van der Waals surface area contributed by atoms with Gasteiger partial charge in [0, 0.05) is 24.9 Å². The molecule has 0 radical (unpaired) electrons. The molecule has 0 saturated carbocycles. The van der Waals surface area contributed by atoms with Crippen LogP contribution in [-0.2, 0) is 11.2 Å². The molecular weight excluding hydrogens is 243 g/mol. The van der Waals surface area contributed by atoms with Gasteiger partial charge < -0.3 is 5.32 Å². The van der Waals surface area contributed by atoms with Crippen LogP contribution >= 0.6 is 0 Å². The Hall–Kier alpha value is -1.97. The summed E-state index contributed by atoms with van der Waals surface area (Å²) in [6, 6.07) is 6.31. The van der Waals surface area contributed by atoms with Crippen LogP contribution in [-0.4, -0.2) is 18.7 Å². The van der Waals surface area contributed by atoms with Gasteiger partial charge in [-0.15, -0.1) is 0 Å². The van der Waals surface area contributed by atoms with Crippen molar-refractivity contribution in [2.45, 2.75) is 26.7 Å². The van der Waals surface area contributed by atoms with Crippen LogP contribution in [0.5, 0.6) is 0 Å². The van der Waals surface area contributed by atoms with Crippen molar-refractivity contribution in [1.29, 1.82) is 0 Å². The largest absolute Gasteiger partial charge is 0.355 e. The zero-order chi connectivity index (χ0) is 14.1. The second-order valence-electron chi connectivity index (χ2n) is 4.04. The topological polar surface area (TPSA) is 41.5 Å². The number of aliphatic imine (C=N–C) groups is 1. The van der Waals surface area contributed by atoms with Crippen molar-refractivity contribution in [3.63, 3.8) is 0 Å². The van der Waals surface area contributed by atoms with Gasteiger partial charge in [-0.1, -0.05) is 24.3 Å². The Labute approximate surface area is 113 Å². The number of allylic oxidation sites excluding steroid dienone is 1. The van der Waals surface area contributed by atoms with E-state index in [-0.39, 0.29) is 18.1 Å². The fourth-order valence-corrected chi connectivity index (χ4v) is 1.66. The number of nitrogens with zero attached hydrogens (tertiary/aromatic N) is 1. The van der Waals surface area contributed by atoms with E-state index in [1.807, 2.05) is 19.9 Å². The van der Waals surface area contributed by atoms with Crippen molar-refractivity contribution >= 4 is 12.1 Å². The first-order valence-corrected chi connectivity index (χ1v) is 6.31. The molecule has 1 rings (SSSR count). The van der Waals surface area contributed by atoms with Crippen molar-refractivity contribution < 1.29 is 9.18 Å². The number of nitrogens with one attached hydrogen (secondary N) is 1. The molecule has 0 bridgehead atoms. The Balaban J connectivity index is 2.39. The average molecular weight is 262 g/mol. The molecule has 0 aliphatic carbocycles. The summed E-state index contributed by atoms with van der Waals surface area (Å²) in [4.78, 5) is 15.8. The van der Waals surface area contributed by atoms with Gasteiger partial charge in [-0.25, -0.2) is 4.39 Å². The molecular formula is C15H19FN2O.